The van der Waals surface area contributed by atoms with Crippen LogP contribution in [0.4, 0.5) is 0 Å². The highest BCUT2D eigenvalue weighted by Gasteiger charge is 2.24. The van der Waals surface area contributed by atoms with E-state index in [0.717, 1.165) is 0 Å². The van der Waals surface area contributed by atoms with Gasteiger partial charge in [-0.15, -0.1) is 0 Å². The number of benzene rings is 1. The number of hydrogen-bond donors (Lipinski definition) is 2. The van der Waals surface area contributed by atoms with Gasteiger partial charge in [0.05, 0.1) is 12.7 Å². The molecule has 1 aliphatic carbocycles. The Morgan fingerprint density at radius 2 is 2.26 bits per heavy atom. The summed E-state index contributed by atoms with van der Waals surface area (Å²) in [5.41, 5.74) is 0.298. The van der Waals surface area contributed by atoms with Crippen molar-refractivity contribution in [3.63, 3.8) is 0 Å². The van der Waals surface area contributed by atoms with Crippen LogP contribution in [0, 0.1) is 11.8 Å². The van der Waals surface area contributed by atoms with Gasteiger partial charge >= 0.3 is 0 Å². The number of aromatic hydroxyl groups is 1. The molecule has 2 unspecified atom stereocenters. The van der Waals surface area contributed by atoms with Crippen LogP contribution in [0.15, 0.2) is 18.2 Å². The number of phenols is 1. The zero-order valence-corrected chi connectivity index (χ0v) is 11.5. The lowest BCUT2D eigenvalue weighted by atomic mass is 9.98. The summed E-state index contributed by atoms with van der Waals surface area (Å²) in [5, 5.41) is 12.7. The van der Waals surface area contributed by atoms with Crippen LogP contribution in [0.1, 0.15) is 36.5 Å². The van der Waals surface area contributed by atoms with Crippen LogP contribution < -0.4 is 10.1 Å². The molecule has 19 heavy (non-hydrogen) atoms. The zero-order chi connectivity index (χ0) is 13.8. The Kier molecular flexibility index (Phi) is 4.30. The van der Waals surface area contributed by atoms with E-state index in [9.17, 15) is 9.90 Å². The van der Waals surface area contributed by atoms with Crippen molar-refractivity contribution in [3.05, 3.63) is 23.8 Å². The molecule has 0 aromatic heterocycles. The quantitative estimate of drug-likeness (QED) is 0.877. The monoisotopic (exact) mass is 263 g/mol. The van der Waals surface area contributed by atoms with Crippen molar-refractivity contribution in [2.45, 2.75) is 26.2 Å². The SMILES string of the molecule is COc1ccc(C(=O)NCC2CCCC2C)c(O)c1. The highest BCUT2D eigenvalue weighted by atomic mass is 16.5. The van der Waals surface area contributed by atoms with Crippen LogP contribution >= 0.6 is 0 Å². The molecule has 0 heterocycles. The highest BCUT2D eigenvalue weighted by molar-refractivity contribution is 5.97. The van der Waals surface area contributed by atoms with Gasteiger partial charge in [-0.25, -0.2) is 0 Å². The van der Waals surface area contributed by atoms with E-state index in [4.69, 9.17) is 4.74 Å². The van der Waals surface area contributed by atoms with Gasteiger partial charge in [0.2, 0.25) is 0 Å². The first-order valence-corrected chi connectivity index (χ1v) is 6.77. The van der Waals surface area contributed by atoms with Crippen molar-refractivity contribution < 1.29 is 14.6 Å². The van der Waals surface area contributed by atoms with Crippen molar-refractivity contribution in [1.82, 2.24) is 5.32 Å². The van der Waals surface area contributed by atoms with E-state index in [1.54, 1.807) is 12.1 Å². The van der Waals surface area contributed by atoms with Gasteiger partial charge in [0, 0.05) is 12.6 Å². The van der Waals surface area contributed by atoms with E-state index in [2.05, 4.69) is 12.2 Å². The number of nitrogens with one attached hydrogen (secondary N) is 1. The minimum absolute atomic E-state index is 0.0451. The molecular formula is C15H21NO3. The summed E-state index contributed by atoms with van der Waals surface area (Å²) in [7, 11) is 1.52. The average molecular weight is 263 g/mol. The molecule has 1 fully saturated rings. The molecule has 4 heteroatoms. The van der Waals surface area contributed by atoms with Crippen LogP contribution in [0.5, 0.6) is 11.5 Å². The van der Waals surface area contributed by atoms with Gasteiger partial charge in [-0.2, -0.15) is 0 Å². The third-order valence-electron chi connectivity index (χ3n) is 4.01. The van der Waals surface area contributed by atoms with E-state index in [1.165, 1.54) is 32.4 Å². The smallest absolute Gasteiger partial charge is 0.255 e. The summed E-state index contributed by atoms with van der Waals surface area (Å²) in [6.07, 6.45) is 3.67. The maximum absolute atomic E-state index is 12.0. The van der Waals surface area contributed by atoms with Crippen LogP contribution in [0.25, 0.3) is 0 Å². The van der Waals surface area contributed by atoms with Gasteiger partial charge in [-0.3, -0.25) is 4.79 Å². The van der Waals surface area contributed by atoms with Gasteiger partial charge in [-0.1, -0.05) is 19.8 Å². The van der Waals surface area contributed by atoms with E-state index in [1.807, 2.05) is 0 Å². The minimum Gasteiger partial charge on any atom is -0.507 e. The molecule has 0 radical (unpaired) electrons. The summed E-state index contributed by atoms with van der Waals surface area (Å²) in [6, 6.07) is 4.71. The van der Waals surface area contributed by atoms with Gasteiger partial charge in [0.25, 0.3) is 5.91 Å². The fourth-order valence-electron chi connectivity index (χ4n) is 2.67. The first-order valence-electron chi connectivity index (χ1n) is 6.77. The topological polar surface area (TPSA) is 58.6 Å². The lowest BCUT2D eigenvalue weighted by molar-refractivity contribution is 0.0942. The molecule has 2 atom stereocenters. The first kappa shape index (κ1) is 13.7. The Labute approximate surface area is 113 Å². The van der Waals surface area contributed by atoms with Gasteiger partial charge < -0.3 is 15.2 Å². The highest BCUT2D eigenvalue weighted by Crippen LogP contribution is 2.30. The molecule has 4 nitrogen and oxygen atoms in total. The number of carbonyl (C=O) groups is 1. The number of hydrogen-bond acceptors (Lipinski definition) is 3. The van der Waals surface area contributed by atoms with Crippen molar-refractivity contribution in [1.29, 1.82) is 0 Å². The number of phenolic OH excluding ortho intramolecular Hbond substituents is 1. The number of amides is 1. The predicted octanol–water partition coefficient (Wildman–Crippen LogP) is 2.57. The zero-order valence-electron chi connectivity index (χ0n) is 11.5. The Hall–Kier alpha value is -1.71. The Balaban J connectivity index is 1.96. The van der Waals surface area contributed by atoms with Crippen molar-refractivity contribution in [2.24, 2.45) is 11.8 Å². The average Bonchev–Trinajstić information content (AvgIpc) is 2.81. The predicted molar refractivity (Wildman–Crippen MR) is 73.5 cm³/mol. The maximum Gasteiger partial charge on any atom is 0.255 e. The van der Waals surface area contributed by atoms with Crippen LogP contribution in [-0.2, 0) is 0 Å². The molecule has 1 saturated carbocycles. The van der Waals surface area contributed by atoms with E-state index < -0.39 is 0 Å². The normalized spacial score (nSPS) is 22.2. The van der Waals surface area contributed by atoms with Crippen LogP contribution in [0.2, 0.25) is 0 Å². The number of rotatable bonds is 4. The van der Waals surface area contributed by atoms with Crippen molar-refractivity contribution in [3.8, 4) is 11.5 Å². The van der Waals surface area contributed by atoms with Gasteiger partial charge in [0.1, 0.15) is 11.5 Å². The summed E-state index contributed by atoms with van der Waals surface area (Å²) in [5.74, 6) is 1.50. The molecule has 1 aromatic rings. The fraction of sp³-hybridized carbons (Fsp3) is 0.533. The Morgan fingerprint density at radius 1 is 1.47 bits per heavy atom. The Morgan fingerprint density at radius 3 is 2.84 bits per heavy atom. The third kappa shape index (κ3) is 3.19. The molecule has 2 rings (SSSR count). The molecule has 2 N–H and O–H groups in total. The molecular weight excluding hydrogens is 242 g/mol. The number of methoxy groups -OCH3 is 1. The maximum atomic E-state index is 12.0. The molecule has 1 aromatic carbocycles. The second-order valence-electron chi connectivity index (χ2n) is 5.26. The summed E-state index contributed by atoms with van der Waals surface area (Å²) in [6.45, 7) is 2.92. The van der Waals surface area contributed by atoms with Crippen LogP contribution in [-0.4, -0.2) is 24.7 Å². The number of carbonyl (C=O) groups excluding carboxylic acids is 1. The molecule has 104 valence electrons. The lowest BCUT2D eigenvalue weighted by Crippen LogP contribution is -2.30. The fourth-order valence-corrected chi connectivity index (χ4v) is 2.67. The molecule has 0 aliphatic heterocycles. The lowest BCUT2D eigenvalue weighted by Gasteiger charge is -2.16. The summed E-state index contributed by atoms with van der Waals surface area (Å²) >= 11 is 0. The summed E-state index contributed by atoms with van der Waals surface area (Å²) < 4.78 is 4.99. The molecule has 1 aliphatic rings. The largest absolute Gasteiger partial charge is 0.507 e. The minimum atomic E-state index is -0.223. The summed E-state index contributed by atoms with van der Waals surface area (Å²) in [4.78, 5) is 12.0. The standard InChI is InChI=1S/C15H21NO3/c1-10-4-3-5-11(10)9-16-15(18)13-7-6-12(19-2)8-14(13)17/h6-8,10-11,17H,3-5,9H2,1-2H3,(H,16,18). The first-order chi connectivity index (χ1) is 9.11. The van der Waals surface area contributed by atoms with Crippen molar-refractivity contribution in [2.75, 3.05) is 13.7 Å². The van der Waals surface area contributed by atoms with Crippen LogP contribution in [0.3, 0.4) is 0 Å². The van der Waals surface area contributed by atoms with E-state index in [-0.39, 0.29) is 11.7 Å². The van der Waals surface area contributed by atoms with Gasteiger partial charge in [0.15, 0.2) is 0 Å². The molecule has 0 bridgehead atoms. The van der Waals surface area contributed by atoms with E-state index >= 15 is 0 Å². The second kappa shape index (κ2) is 5.95. The van der Waals surface area contributed by atoms with Gasteiger partial charge in [-0.05, 0) is 30.4 Å². The molecule has 1 amide bonds. The number of ether oxygens (including phenoxy) is 1. The molecule has 0 saturated heterocycles. The molecule has 0 spiro atoms. The van der Waals surface area contributed by atoms with Crippen molar-refractivity contribution >= 4 is 5.91 Å². The second-order valence-corrected chi connectivity index (χ2v) is 5.26. The third-order valence-corrected chi connectivity index (χ3v) is 4.01. The van der Waals surface area contributed by atoms with E-state index in [0.29, 0.717) is 29.7 Å². The Bertz CT molecular complexity index is 459.